The van der Waals surface area contributed by atoms with Crippen LogP contribution in [0.25, 0.3) is 0 Å². The number of likely N-dealkylation sites (tertiary alicyclic amines) is 1. The zero-order valence-electron chi connectivity index (χ0n) is 17.3. The van der Waals surface area contributed by atoms with Gasteiger partial charge in [0.2, 0.25) is 0 Å². The molecule has 1 saturated heterocycles. The van der Waals surface area contributed by atoms with Crippen molar-refractivity contribution >= 4 is 17.3 Å². The lowest BCUT2D eigenvalue weighted by Gasteiger charge is -2.32. The smallest absolute Gasteiger partial charge is 0.191 e. The number of hydrogen-bond donors (Lipinski definition) is 2. The fourth-order valence-corrected chi connectivity index (χ4v) is 4.65. The van der Waals surface area contributed by atoms with Gasteiger partial charge >= 0.3 is 0 Å². The summed E-state index contributed by atoms with van der Waals surface area (Å²) in [5.41, 5.74) is 1.15. The summed E-state index contributed by atoms with van der Waals surface area (Å²) in [6, 6.07) is 4.25. The van der Waals surface area contributed by atoms with Crippen LogP contribution < -0.4 is 10.6 Å². The topological polar surface area (TPSA) is 65.7 Å². The zero-order valence-corrected chi connectivity index (χ0v) is 18.1. The standard InChI is InChI=1S/C21H33N5OS/c1-4-22-21(23-11-10-20-16(2)25-17(3)28-20)24-15-18(19-9-8-14-27-19)26-12-6-5-7-13-26/h8-9,14,18H,4-7,10-13,15H2,1-3H3,(H2,22,23,24). The molecule has 0 bridgehead atoms. The van der Waals surface area contributed by atoms with Crippen LogP contribution in [-0.2, 0) is 6.42 Å². The van der Waals surface area contributed by atoms with E-state index in [1.807, 2.05) is 6.07 Å². The van der Waals surface area contributed by atoms with Gasteiger partial charge in [0.05, 0.1) is 29.6 Å². The van der Waals surface area contributed by atoms with Crippen molar-refractivity contribution in [2.24, 2.45) is 4.99 Å². The molecule has 28 heavy (non-hydrogen) atoms. The summed E-state index contributed by atoms with van der Waals surface area (Å²) in [6.07, 6.45) is 6.57. The first-order valence-electron chi connectivity index (χ1n) is 10.4. The van der Waals surface area contributed by atoms with Crippen LogP contribution in [0.5, 0.6) is 0 Å². The van der Waals surface area contributed by atoms with Crippen molar-refractivity contribution < 1.29 is 4.42 Å². The van der Waals surface area contributed by atoms with Gasteiger partial charge in [-0.25, -0.2) is 4.98 Å². The highest BCUT2D eigenvalue weighted by molar-refractivity contribution is 7.11. The largest absolute Gasteiger partial charge is 0.468 e. The van der Waals surface area contributed by atoms with Gasteiger partial charge in [0.15, 0.2) is 5.96 Å². The average molecular weight is 404 g/mol. The highest BCUT2D eigenvalue weighted by atomic mass is 32.1. The predicted molar refractivity (Wildman–Crippen MR) is 116 cm³/mol. The van der Waals surface area contributed by atoms with E-state index in [1.165, 1.54) is 24.1 Å². The van der Waals surface area contributed by atoms with Crippen molar-refractivity contribution in [1.29, 1.82) is 0 Å². The number of aryl methyl sites for hydroxylation is 2. The number of nitrogens with zero attached hydrogens (tertiary/aromatic N) is 3. The second-order valence-electron chi connectivity index (χ2n) is 7.27. The van der Waals surface area contributed by atoms with Crippen LogP contribution in [0.15, 0.2) is 27.8 Å². The Balaban J connectivity index is 1.61. The predicted octanol–water partition coefficient (Wildman–Crippen LogP) is 3.68. The Morgan fingerprint density at radius 1 is 1.29 bits per heavy atom. The number of guanidine groups is 1. The van der Waals surface area contributed by atoms with Gasteiger partial charge < -0.3 is 15.1 Å². The highest BCUT2D eigenvalue weighted by Gasteiger charge is 2.24. The molecule has 0 radical (unpaired) electrons. The summed E-state index contributed by atoms with van der Waals surface area (Å²) in [5.74, 6) is 1.88. The van der Waals surface area contributed by atoms with Crippen LogP contribution in [0.4, 0.5) is 0 Å². The minimum Gasteiger partial charge on any atom is -0.468 e. The molecule has 3 rings (SSSR count). The van der Waals surface area contributed by atoms with Gasteiger partial charge in [-0.1, -0.05) is 6.42 Å². The SMILES string of the molecule is CCNC(=NCC(c1ccco1)N1CCCCC1)NCCc1sc(C)nc1C. The fourth-order valence-electron chi connectivity index (χ4n) is 3.72. The van der Waals surface area contributed by atoms with Gasteiger partial charge in [-0.3, -0.25) is 9.89 Å². The molecule has 3 heterocycles. The van der Waals surface area contributed by atoms with Crippen molar-refractivity contribution in [3.63, 3.8) is 0 Å². The van der Waals surface area contributed by atoms with Crippen LogP contribution in [0.1, 0.15) is 53.6 Å². The summed E-state index contributed by atoms with van der Waals surface area (Å²) in [7, 11) is 0. The van der Waals surface area contributed by atoms with Gasteiger partial charge in [-0.2, -0.15) is 0 Å². The molecule has 1 unspecified atom stereocenters. The minimum atomic E-state index is 0.206. The summed E-state index contributed by atoms with van der Waals surface area (Å²) in [4.78, 5) is 13.3. The maximum atomic E-state index is 5.74. The maximum Gasteiger partial charge on any atom is 0.191 e. The molecule has 1 aliphatic heterocycles. The lowest BCUT2D eigenvalue weighted by molar-refractivity contribution is 0.150. The number of aromatic nitrogens is 1. The number of piperidine rings is 1. The Hall–Kier alpha value is -1.86. The fraction of sp³-hybridized carbons (Fsp3) is 0.619. The van der Waals surface area contributed by atoms with E-state index in [4.69, 9.17) is 9.41 Å². The molecule has 0 spiro atoms. The quantitative estimate of drug-likeness (QED) is 0.520. The Bertz CT molecular complexity index is 734. The number of nitrogens with one attached hydrogen (secondary N) is 2. The first-order chi connectivity index (χ1) is 13.7. The number of rotatable bonds is 8. The van der Waals surface area contributed by atoms with Crippen LogP contribution in [0, 0.1) is 13.8 Å². The lowest BCUT2D eigenvalue weighted by atomic mass is 10.1. The molecule has 0 aromatic carbocycles. The Morgan fingerprint density at radius 3 is 2.75 bits per heavy atom. The van der Waals surface area contributed by atoms with Gasteiger partial charge in [0.25, 0.3) is 0 Å². The van der Waals surface area contributed by atoms with E-state index in [0.717, 1.165) is 55.0 Å². The number of hydrogen-bond acceptors (Lipinski definition) is 5. The van der Waals surface area contributed by atoms with Crippen LogP contribution >= 0.6 is 11.3 Å². The van der Waals surface area contributed by atoms with Crippen molar-refractivity contribution in [2.75, 3.05) is 32.7 Å². The van der Waals surface area contributed by atoms with Gasteiger partial charge in [0.1, 0.15) is 5.76 Å². The van der Waals surface area contributed by atoms with Crippen molar-refractivity contribution in [2.45, 2.75) is 52.5 Å². The molecule has 6 nitrogen and oxygen atoms in total. The van der Waals surface area contributed by atoms with E-state index in [2.05, 4.69) is 47.4 Å². The Labute approximate surface area is 172 Å². The summed E-state index contributed by atoms with van der Waals surface area (Å²) in [6.45, 7) is 10.9. The van der Waals surface area contributed by atoms with E-state index < -0.39 is 0 Å². The Morgan fingerprint density at radius 2 is 2.11 bits per heavy atom. The van der Waals surface area contributed by atoms with E-state index in [-0.39, 0.29) is 6.04 Å². The molecule has 0 saturated carbocycles. The molecule has 7 heteroatoms. The summed E-state index contributed by atoms with van der Waals surface area (Å²) in [5, 5.41) is 7.98. The molecule has 0 aliphatic carbocycles. The van der Waals surface area contributed by atoms with E-state index in [1.54, 1.807) is 17.6 Å². The molecule has 1 fully saturated rings. The molecule has 1 atom stereocenters. The van der Waals surface area contributed by atoms with Crippen molar-refractivity contribution in [3.8, 4) is 0 Å². The second kappa shape index (κ2) is 10.6. The van der Waals surface area contributed by atoms with E-state index in [9.17, 15) is 0 Å². The highest BCUT2D eigenvalue weighted by Crippen LogP contribution is 2.25. The normalized spacial score (nSPS) is 16.9. The van der Waals surface area contributed by atoms with Crippen LogP contribution in [0.2, 0.25) is 0 Å². The number of aliphatic imine (C=N–C) groups is 1. The first-order valence-corrected chi connectivity index (χ1v) is 11.2. The monoisotopic (exact) mass is 403 g/mol. The van der Waals surface area contributed by atoms with Gasteiger partial charge in [-0.05, 0) is 58.8 Å². The van der Waals surface area contributed by atoms with Gasteiger partial charge in [-0.15, -0.1) is 11.3 Å². The molecule has 2 aromatic heterocycles. The second-order valence-corrected chi connectivity index (χ2v) is 8.55. The third kappa shape index (κ3) is 5.82. The molecule has 2 aromatic rings. The minimum absolute atomic E-state index is 0.206. The molecule has 154 valence electrons. The number of furan rings is 1. The van der Waals surface area contributed by atoms with E-state index >= 15 is 0 Å². The Kier molecular flexibility index (Phi) is 7.91. The first kappa shape index (κ1) is 20.9. The number of thiazole rings is 1. The third-order valence-electron chi connectivity index (χ3n) is 5.11. The van der Waals surface area contributed by atoms with Crippen molar-refractivity contribution in [1.82, 2.24) is 20.5 Å². The molecular formula is C21H33N5OS. The molecular weight excluding hydrogens is 370 g/mol. The zero-order chi connectivity index (χ0) is 19.8. The van der Waals surface area contributed by atoms with Crippen LogP contribution in [-0.4, -0.2) is 48.6 Å². The molecule has 2 N–H and O–H groups in total. The maximum absolute atomic E-state index is 5.74. The summed E-state index contributed by atoms with van der Waals surface area (Å²) < 4.78 is 5.74. The van der Waals surface area contributed by atoms with E-state index in [0.29, 0.717) is 6.54 Å². The average Bonchev–Trinajstić information content (AvgIpc) is 3.33. The molecule has 1 aliphatic rings. The van der Waals surface area contributed by atoms with Crippen LogP contribution in [0.3, 0.4) is 0 Å². The lowest BCUT2D eigenvalue weighted by Crippen LogP contribution is -2.40. The third-order valence-corrected chi connectivity index (χ3v) is 6.25. The van der Waals surface area contributed by atoms with Crippen molar-refractivity contribution in [3.05, 3.63) is 39.7 Å². The summed E-state index contributed by atoms with van der Waals surface area (Å²) >= 11 is 1.78. The molecule has 0 amide bonds. The van der Waals surface area contributed by atoms with Gasteiger partial charge in [0, 0.05) is 24.4 Å².